The predicted octanol–water partition coefficient (Wildman–Crippen LogP) is 1.83. The Morgan fingerprint density at radius 3 is 2.79 bits per heavy atom. The van der Waals surface area contributed by atoms with Gasteiger partial charge in [0, 0.05) is 6.20 Å². The number of rotatable bonds is 3. The summed E-state index contributed by atoms with van der Waals surface area (Å²) in [5.41, 5.74) is 0.431. The van der Waals surface area contributed by atoms with Crippen molar-refractivity contribution in [3.05, 3.63) is 30.1 Å². The fourth-order valence-corrected chi connectivity index (χ4v) is 1.32. The van der Waals surface area contributed by atoms with Crippen molar-refractivity contribution in [1.82, 2.24) is 10.3 Å². The number of nitrogens with one attached hydrogen (secondary N) is 1. The highest BCUT2D eigenvalue weighted by atomic mass is 79.9. The molecule has 0 saturated carbocycles. The molecule has 1 rings (SSSR count). The van der Waals surface area contributed by atoms with Gasteiger partial charge in [0.15, 0.2) is 0 Å². The molecule has 4 heteroatoms. The fourth-order valence-electron chi connectivity index (χ4n) is 1.18. The van der Waals surface area contributed by atoms with Gasteiger partial charge in [0.05, 0.1) is 16.6 Å². The zero-order valence-corrected chi connectivity index (χ0v) is 9.84. The monoisotopic (exact) mass is 256 g/mol. The van der Waals surface area contributed by atoms with E-state index in [0.717, 1.165) is 5.69 Å². The number of nitrogens with zero attached hydrogens (tertiary/aromatic N) is 1. The minimum Gasteiger partial charge on any atom is -0.345 e. The molecule has 1 amide bonds. The minimum absolute atomic E-state index is 0.0411. The summed E-state index contributed by atoms with van der Waals surface area (Å²) < 4.78 is 0. The number of hydrogen-bond acceptors (Lipinski definition) is 2. The molecular formula is C10H13BrN2O. The van der Waals surface area contributed by atoms with Crippen LogP contribution in [0.25, 0.3) is 0 Å². The maximum atomic E-state index is 11.2. The van der Waals surface area contributed by atoms with Crippen LogP contribution >= 0.6 is 15.9 Å². The van der Waals surface area contributed by atoms with Gasteiger partial charge >= 0.3 is 0 Å². The molecule has 0 aliphatic carbocycles. The van der Waals surface area contributed by atoms with Crippen LogP contribution in [-0.4, -0.2) is 16.2 Å². The van der Waals surface area contributed by atoms with E-state index >= 15 is 0 Å². The van der Waals surface area contributed by atoms with Crippen LogP contribution in [0.5, 0.6) is 0 Å². The smallest absolute Gasteiger partial charge is 0.231 e. The van der Waals surface area contributed by atoms with Crippen LogP contribution in [0.1, 0.15) is 19.5 Å². The molecule has 0 atom stereocenters. The van der Waals surface area contributed by atoms with E-state index in [0.29, 0.717) is 5.33 Å². The Kier molecular flexibility index (Phi) is 3.63. The first-order chi connectivity index (χ1) is 6.56. The van der Waals surface area contributed by atoms with Gasteiger partial charge < -0.3 is 5.32 Å². The molecule has 0 radical (unpaired) electrons. The molecule has 3 nitrogen and oxygen atoms in total. The fraction of sp³-hybridized carbons (Fsp3) is 0.400. The Balaban J connectivity index is 2.80. The SMILES string of the molecule is CC(C)(NC(=O)CBr)c1ccccn1. The van der Waals surface area contributed by atoms with Crippen molar-refractivity contribution in [2.45, 2.75) is 19.4 Å². The zero-order chi connectivity index (χ0) is 10.6. The summed E-state index contributed by atoms with van der Waals surface area (Å²) in [5, 5.41) is 3.18. The van der Waals surface area contributed by atoms with Crippen LogP contribution in [-0.2, 0) is 10.3 Å². The number of hydrogen-bond donors (Lipinski definition) is 1. The first kappa shape index (κ1) is 11.2. The van der Waals surface area contributed by atoms with Gasteiger partial charge in [-0.3, -0.25) is 9.78 Å². The maximum absolute atomic E-state index is 11.2. The van der Waals surface area contributed by atoms with Crippen molar-refractivity contribution >= 4 is 21.8 Å². The molecule has 0 bridgehead atoms. The summed E-state index contributed by atoms with van der Waals surface area (Å²) in [5.74, 6) is -0.0411. The summed E-state index contributed by atoms with van der Waals surface area (Å²) >= 11 is 3.11. The lowest BCUT2D eigenvalue weighted by Gasteiger charge is -2.25. The van der Waals surface area contributed by atoms with E-state index in [1.807, 2.05) is 32.0 Å². The van der Waals surface area contributed by atoms with E-state index in [9.17, 15) is 4.79 Å². The third-order valence-corrected chi connectivity index (χ3v) is 2.39. The minimum atomic E-state index is -0.424. The average molecular weight is 257 g/mol. The second kappa shape index (κ2) is 4.55. The Hall–Kier alpha value is -0.900. The number of carbonyl (C=O) groups excluding carboxylic acids is 1. The van der Waals surface area contributed by atoms with E-state index in [1.54, 1.807) is 6.20 Å². The van der Waals surface area contributed by atoms with Crippen LogP contribution in [0.3, 0.4) is 0 Å². The lowest BCUT2D eigenvalue weighted by Crippen LogP contribution is -2.42. The van der Waals surface area contributed by atoms with Crippen molar-refractivity contribution in [3.8, 4) is 0 Å². The topological polar surface area (TPSA) is 42.0 Å². The van der Waals surface area contributed by atoms with Crippen LogP contribution in [0.2, 0.25) is 0 Å². The molecule has 0 aromatic carbocycles. The molecule has 1 heterocycles. The molecule has 0 aliphatic heterocycles. The lowest BCUT2D eigenvalue weighted by molar-refractivity contribution is -0.120. The van der Waals surface area contributed by atoms with Gasteiger partial charge in [0.25, 0.3) is 0 Å². The molecule has 1 aromatic rings. The molecular weight excluding hydrogens is 244 g/mol. The largest absolute Gasteiger partial charge is 0.345 e. The second-order valence-corrected chi connectivity index (χ2v) is 4.08. The standard InChI is InChI=1S/C10H13BrN2O/c1-10(2,13-9(14)7-11)8-5-3-4-6-12-8/h3-6H,7H2,1-2H3,(H,13,14). The van der Waals surface area contributed by atoms with Crippen molar-refractivity contribution in [2.24, 2.45) is 0 Å². The first-order valence-electron chi connectivity index (χ1n) is 4.35. The highest BCUT2D eigenvalue weighted by Crippen LogP contribution is 2.16. The highest BCUT2D eigenvalue weighted by Gasteiger charge is 2.23. The molecule has 0 spiro atoms. The summed E-state index contributed by atoms with van der Waals surface area (Å²) in [4.78, 5) is 15.4. The number of alkyl halides is 1. The summed E-state index contributed by atoms with van der Waals surface area (Å²) in [6.07, 6.45) is 1.72. The zero-order valence-electron chi connectivity index (χ0n) is 8.25. The maximum Gasteiger partial charge on any atom is 0.231 e. The Morgan fingerprint density at radius 2 is 2.29 bits per heavy atom. The molecule has 1 N–H and O–H groups in total. The van der Waals surface area contributed by atoms with Gasteiger partial charge in [-0.2, -0.15) is 0 Å². The second-order valence-electron chi connectivity index (χ2n) is 3.52. The number of amides is 1. The number of carbonyl (C=O) groups is 1. The van der Waals surface area contributed by atoms with Crippen LogP contribution < -0.4 is 5.32 Å². The summed E-state index contributed by atoms with van der Waals surface area (Å²) in [7, 11) is 0. The van der Waals surface area contributed by atoms with Crippen molar-refractivity contribution in [1.29, 1.82) is 0 Å². The van der Waals surface area contributed by atoms with Gasteiger partial charge in [-0.25, -0.2) is 0 Å². The number of halogens is 1. The van der Waals surface area contributed by atoms with Crippen LogP contribution in [0, 0.1) is 0 Å². The Labute approximate surface area is 92.1 Å². The highest BCUT2D eigenvalue weighted by molar-refractivity contribution is 9.09. The van der Waals surface area contributed by atoms with E-state index in [4.69, 9.17) is 0 Å². The molecule has 0 saturated heterocycles. The lowest BCUT2D eigenvalue weighted by atomic mass is 10.00. The molecule has 14 heavy (non-hydrogen) atoms. The Morgan fingerprint density at radius 1 is 1.57 bits per heavy atom. The molecule has 0 unspecified atom stereocenters. The number of aromatic nitrogens is 1. The van der Waals surface area contributed by atoms with Crippen molar-refractivity contribution in [3.63, 3.8) is 0 Å². The van der Waals surface area contributed by atoms with Crippen molar-refractivity contribution in [2.75, 3.05) is 5.33 Å². The molecule has 0 fully saturated rings. The predicted molar refractivity (Wildman–Crippen MR) is 59.2 cm³/mol. The van der Waals surface area contributed by atoms with E-state index < -0.39 is 5.54 Å². The normalized spacial score (nSPS) is 11.1. The quantitative estimate of drug-likeness (QED) is 0.839. The van der Waals surface area contributed by atoms with E-state index in [2.05, 4.69) is 26.2 Å². The Bertz CT molecular complexity index is 311. The van der Waals surface area contributed by atoms with Gasteiger partial charge in [-0.1, -0.05) is 22.0 Å². The van der Waals surface area contributed by atoms with Crippen LogP contribution in [0.4, 0.5) is 0 Å². The van der Waals surface area contributed by atoms with Gasteiger partial charge in [0.1, 0.15) is 0 Å². The molecule has 76 valence electrons. The first-order valence-corrected chi connectivity index (χ1v) is 5.47. The summed E-state index contributed by atoms with van der Waals surface area (Å²) in [6.45, 7) is 3.85. The van der Waals surface area contributed by atoms with Crippen LogP contribution in [0.15, 0.2) is 24.4 Å². The third kappa shape index (κ3) is 2.80. The molecule has 0 aliphatic rings. The summed E-state index contributed by atoms with van der Waals surface area (Å²) in [6, 6.07) is 5.66. The van der Waals surface area contributed by atoms with Gasteiger partial charge in [0.2, 0.25) is 5.91 Å². The van der Waals surface area contributed by atoms with Gasteiger partial charge in [-0.05, 0) is 26.0 Å². The van der Waals surface area contributed by atoms with Gasteiger partial charge in [-0.15, -0.1) is 0 Å². The molecule has 1 aromatic heterocycles. The third-order valence-electron chi connectivity index (χ3n) is 1.88. The van der Waals surface area contributed by atoms with Crippen molar-refractivity contribution < 1.29 is 4.79 Å². The van der Waals surface area contributed by atoms with E-state index in [1.165, 1.54) is 0 Å². The van der Waals surface area contributed by atoms with E-state index in [-0.39, 0.29) is 5.91 Å². The number of pyridine rings is 1. The average Bonchev–Trinajstić information content (AvgIpc) is 2.18.